The lowest BCUT2D eigenvalue weighted by atomic mass is 10.1. The Morgan fingerprint density at radius 1 is 1.29 bits per heavy atom. The van der Waals surface area contributed by atoms with Gasteiger partial charge in [-0.3, -0.25) is 9.48 Å². The topological polar surface area (TPSA) is 34.9 Å². The van der Waals surface area contributed by atoms with Crippen LogP contribution in [0.25, 0.3) is 0 Å². The van der Waals surface area contributed by atoms with E-state index < -0.39 is 0 Å². The van der Waals surface area contributed by atoms with E-state index in [0.717, 1.165) is 41.7 Å². The summed E-state index contributed by atoms with van der Waals surface area (Å²) in [5.41, 5.74) is 2.25. The van der Waals surface area contributed by atoms with Crippen LogP contribution in [0.1, 0.15) is 51.4 Å². The van der Waals surface area contributed by atoms with Crippen LogP contribution >= 0.6 is 15.9 Å². The van der Waals surface area contributed by atoms with Gasteiger partial charge in [-0.1, -0.05) is 13.8 Å². The van der Waals surface area contributed by atoms with Crippen molar-refractivity contribution in [2.24, 2.45) is 0 Å². The van der Waals surface area contributed by atoms with Crippen molar-refractivity contribution in [2.75, 3.05) is 0 Å². The second-order valence-electron chi connectivity index (χ2n) is 4.17. The minimum Gasteiger partial charge on any atom is -0.300 e. The fourth-order valence-corrected chi connectivity index (χ4v) is 2.68. The maximum atomic E-state index is 11.6. The van der Waals surface area contributed by atoms with Crippen LogP contribution in [0.4, 0.5) is 0 Å². The summed E-state index contributed by atoms with van der Waals surface area (Å²) in [4.78, 5) is 11.6. The summed E-state index contributed by atoms with van der Waals surface area (Å²) in [6, 6.07) is 0. The van der Waals surface area contributed by atoms with Crippen LogP contribution in [0.5, 0.6) is 0 Å². The highest BCUT2D eigenvalue weighted by atomic mass is 79.9. The van der Waals surface area contributed by atoms with Gasteiger partial charge in [0.25, 0.3) is 0 Å². The Kier molecular flexibility index (Phi) is 5.89. The van der Waals surface area contributed by atoms with Crippen molar-refractivity contribution < 1.29 is 4.79 Å². The Balaban J connectivity index is 2.75. The first-order valence-corrected chi connectivity index (χ1v) is 7.19. The molecule has 0 aliphatic carbocycles. The zero-order valence-electron chi connectivity index (χ0n) is 10.9. The smallest absolute Gasteiger partial charge is 0.133 e. The van der Waals surface area contributed by atoms with Gasteiger partial charge in [0.2, 0.25) is 0 Å². The maximum absolute atomic E-state index is 11.6. The highest BCUT2D eigenvalue weighted by molar-refractivity contribution is 9.10. The minimum atomic E-state index is 0.348. The van der Waals surface area contributed by atoms with Crippen LogP contribution < -0.4 is 0 Å². The number of ketones is 1. The third-order valence-corrected chi connectivity index (χ3v) is 3.78. The minimum absolute atomic E-state index is 0.348. The van der Waals surface area contributed by atoms with Gasteiger partial charge in [0.15, 0.2) is 0 Å². The molecule has 0 radical (unpaired) electrons. The Labute approximate surface area is 112 Å². The Bertz CT molecular complexity index is 385. The summed E-state index contributed by atoms with van der Waals surface area (Å²) in [6.45, 7) is 7.07. The molecule has 0 aliphatic rings. The number of hydrogen-bond donors (Lipinski definition) is 0. The predicted molar refractivity (Wildman–Crippen MR) is 73.2 cm³/mol. The van der Waals surface area contributed by atoms with Gasteiger partial charge >= 0.3 is 0 Å². The number of aryl methyl sites for hydroxylation is 2. The summed E-state index contributed by atoms with van der Waals surface area (Å²) in [5.74, 6) is 0.348. The first-order chi connectivity index (χ1) is 8.13. The van der Waals surface area contributed by atoms with Crippen LogP contribution in [0, 0.1) is 0 Å². The molecule has 1 aromatic heterocycles. The van der Waals surface area contributed by atoms with Crippen molar-refractivity contribution in [3.05, 3.63) is 15.9 Å². The molecule has 0 saturated heterocycles. The first kappa shape index (κ1) is 14.4. The van der Waals surface area contributed by atoms with Gasteiger partial charge in [-0.05, 0) is 42.1 Å². The van der Waals surface area contributed by atoms with Gasteiger partial charge < -0.3 is 0 Å². The van der Waals surface area contributed by atoms with Gasteiger partial charge in [0.05, 0.1) is 15.9 Å². The molecule has 0 saturated carbocycles. The molecule has 0 spiro atoms. The van der Waals surface area contributed by atoms with Gasteiger partial charge in [0.1, 0.15) is 5.78 Å². The molecule has 3 nitrogen and oxygen atoms in total. The largest absolute Gasteiger partial charge is 0.300 e. The van der Waals surface area contributed by atoms with Gasteiger partial charge in [-0.25, -0.2) is 0 Å². The van der Waals surface area contributed by atoms with E-state index in [1.165, 1.54) is 0 Å². The summed E-state index contributed by atoms with van der Waals surface area (Å²) < 4.78 is 3.09. The van der Waals surface area contributed by atoms with Crippen molar-refractivity contribution in [3.63, 3.8) is 0 Å². The molecule has 1 aromatic rings. The van der Waals surface area contributed by atoms with Crippen LogP contribution in [0.15, 0.2) is 4.47 Å². The third-order valence-electron chi connectivity index (χ3n) is 2.86. The Morgan fingerprint density at radius 2 is 2.00 bits per heavy atom. The maximum Gasteiger partial charge on any atom is 0.133 e. The van der Waals surface area contributed by atoms with Gasteiger partial charge in [0, 0.05) is 19.4 Å². The second-order valence-corrected chi connectivity index (χ2v) is 4.96. The molecule has 96 valence electrons. The number of aromatic nitrogens is 2. The molecular weight excluding hydrogens is 280 g/mol. The molecule has 0 amide bonds. The van der Waals surface area contributed by atoms with Crippen LogP contribution in [0.2, 0.25) is 0 Å². The average Bonchev–Trinajstić information content (AvgIpc) is 2.63. The van der Waals surface area contributed by atoms with Crippen molar-refractivity contribution in [3.8, 4) is 0 Å². The molecule has 1 heterocycles. The quantitative estimate of drug-likeness (QED) is 0.772. The van der Waals surface area contributed by atoms with E-state index in [0.29, 0.717) is 18.6 Å². The Hall–Kier alpha value is -0.640. The van der Waals surface area contributed by atoms with Crippen LogP contribution in [0.3, 0.4) is 0 Å². The molecule has 0 N–H and O–H groups in total. The highest BCUT2D eigenvalue weighted by Gasteiger charge is 2.14. The van der Waals surface area contributed by atoms with E-state index in [1.807, 2.05) is 11.6 Å². The molecule has 17 heavy (non-hydrogen) atoms. The van der Waals surface area contributed by atoms with E-state index in [-0.39, 0.29) is 0 Å². The van der Waals surface area contributed by atoms with E-state index >= 15 is 0 Å². The zero-order valence-corrected chi connectivity index (χ0v) is 12.5. The third kappa shape index (κ3) is 3.66. The van der Waals surface area contributed by atoms with Gasteiger partial charge in [-0.2, -0.15) is 5.10 Å². The lowest BCUT2D eigenvalue weighted by Gasteiger charge is -2.04. The molecule has 1 rings (SSSR count). The SMILES string of the molecule is CCCC(=O)CCc1c(Br)c(CC)nn1CC. The Morgan fingerprint density at radius 3 is 2.53 bits per heavy atom. The molecule has 0 bridgehead atoms. The van der Waals surface area contributed by atoms with E-state index in [1.54, 1.807) is 0 Å². The predicted octanol–water partition coefficient (Wildman–Crippen LogP) is 3.53. The molecule has 0 aromatic carbocycles. The number of carbonyl (C=O) groups is 1. The van der Waals surface area contributed by atoms with Crippen molar-refractivity contribution in [1.82, 2.24) is 9.78 Å². The normalized spacial score (nSPS) is 10.8. The number of carbonyl (C=O) groups excluding carboxylic acids is 1. The lowest BCUT2D eigenvalue weighted by molar-refractivity contribution is -0.119. The number of rotatable bonds is 7. The monoisotopic (exact) mass is 300 g/mol. The molecule has 0 fully saturated rings. The van der Waals surface area contributed by atoms with Crippen molar-refractivity contribution >= 4 is 21.7 Å². The van der Waals surface area contributed by atoms with E-state index in [2.05, 4.69) is 34.9 Å². The molecule has 0 atom stereocenters. The average molecular weight is 301 g/mol. The summed E-state index contributed by atoms with van der Waals surface area (Å²) in [7, 11) is 0. The second kappa shape index (κ2) is 6.94. The summed E-state index contributed by atoms with van der Waals surface area (Å²) in [5, 5.41) is 4.53. The highest BCUT2D eigenvalue weighted by Crippen LogP contribution is 2.23. The standard InChI is InChI=1S/C13H21BrN2O/c1-4-7-10(17)8-9-12-13(14)11(5-2)15-16(12)6-3/h4-9H2,1-3H3. The zero-order chi connectivity index (χ0) is 12.8. The van der Waals surface area contributed by atoms with E-state index in [4.69, 9.17) is 0 Å². The van der Waals surface area contributed by atoms with Crippen molar-refractivity contribution in [2.45, 2.75) is 59.4 Å². The molecule has 0 aliphatic heterocycles. The molecular formula is C13H21BrN2O. The summed E-state index contributed by atoms with van der Waals surface area (Å²) in [6.07, 6.45) is 3.97. The van der Waals surface area contributed by atoms with E-state index in [9.17, 15) is 4.79 Å². The van der Waals surface area contributed by atoms with Crippen LogP contribution in [-0.2, 0) is 24.2 Å². The molecule has 4 heteroatoms. The first-order valence-electron chi connectivity index (χ1n) is 6.39. The molecule has 0 unspecified atom stereocenters. The number of hydrogen-bond acceptors (Lipinski definition) is 2. The lowest BCUT2D eigenvalue weighted by Crippen LogP contribution is -2.06. The fourth-order valence-electron chi connectivity index (χ4n) is 1.92. The number of nitrogens with zero attached hydrogens (tertiary/aromatic N) is 2. The fraction of sp³-hybridized carbons (Fsp3) is 0.692. The number of Topliss-reactive ketones (excluding diaryl/α,β-unsaturated/α-hetero) is 1. The van der Waals surface area contributed by atoms with Crippen LogP contribution in [-0.4, -0.2) is 15.6 Å². The van der Waals surface area contributed by atoms with Crippen molar-refractivity contribution in [1.29, 1.82) is 0 Å². The summed E-state index contributed by atoms with van der Waals surface area (Å²) >= 11 is 3.60. The number of halogens is 1. The van der Waals surface area contributed by atoms with Gasteiger partial charge in [-0.15, -0.1) is 0 Å².